The summed E-state index contributed by atoms with van der Waals surface area (Å²) in [6.07, 6.45) is 3.05. The van der Waals surface area contributed by atoms with Gasteiger partial charge in [-0.05, 0) is 24.3 Å². The lowest BCUT2D eigenvalue weighted by atomic mass is 10.2. The maximum absolute atomic E-state index is 13.7. The number of carbonyl (C=O) groups is 1. The van der Waals surface area contributed by atoms with Gasteiger partial charge in [-0.3, -0.25) is 9.79 Å². The lowest BCUT2D eigenvalue weighted by Crippen LogP contribution is -2.17. The van der Waals surface area contributed by atoms with Crippen molar-refractivity contribution >= 4 is 46.9 Å². The second-order valence-corrected chi connectivity index (χ2v) is 7.16. The average molecular weight is 454 g/mol. The van der Waals surface area contributed by atoms with Crippen LogP contribution in [0.25, 0.3) is 0 Å². The molecule has 0 aliphatic carbocycles. The Labute approximate surface area is 178 Å². The van der Waals surface area contributed by atoms with Crippen molar-refractivity contribution < 1.29 is 22.4 Å². The second kappa shape index (κ2) is 9.73. The van der Waals surface area contributed by atoms with Gasteiger partial charge >= 0.3 is 0 Å². The molecule has 1 amide bonds. The number of pyridine rings is 1. The standard InChI is InChI=1S/C20H12ClF4N3OS/c21-20-11(4-3-7-26-20)9-27-14-5-1-2-6-15(14)30-10-16(29)28-19-17(24)12(22)8-13(23)18(19)25/h1-9H,10H2,(H,28,29). The number of halogens is 5. The van der Waals surface area contributed by atoms with E-state index >= 15 is 0 Å². The van der Waals surface area contributed by atoms with Gasteiger partial charge in [0.25, 0.3) is 0 Å². The first-order valence-electron chi connectivity index (χ1n) is 8.36. The molecule has 0 aliphatic rings. The van der Waals surface area contributed by atoms with Crippen LogP contribution in [-0.2, 0) is 4.79 Å². The third-order valence-corrected chi connectivity index (χ3v) is 5.11. The Morgan fingerprint density at radius 1 is 1.10 bits per heavy atom. The molecule has 0 atom stereocenters. The number of nitrogens with zero attached hydrogens (tertiary/aromatic N) is 2. The van der Waals surface area contributed by atoms with E-state index in [4.69, 9.17) is 11.6 Å². The number of para-hydroxylation sites is 1. The molecule has 0 bridgehead atoms. The fourth-order valence-electron chi connectivity index (χ4n) is 2.32. The lowest BCUT2D eigenvalue weighted by molar-refractivity contribution is -0.113. The molecule has 0 spiro atoms. The van der Waals surface area contributed by atoms with Crippen molar-refractivity contribution in [1.82, 2.24) is 4.98 Å². The SMILES string of the molecule is O=C(CSc1ccccc1N=Cc1cccnc1Cl)Nc1c(F)c(F)cc(F)c1F. The van der Waals surface area contributed by atoms with E-state index in [1.807, 2.05) is 5.32 Å². The van der Waals surface area contributed by atoms with Crippen molar-refractivity contribution in [2.24, 2.45) is 4.99 Å². The van der Waals surface area contributed by atoms with Crippen LogP contribution >= 0.6 is 23.4 Å². The van der Waals surface area contributed by atoms with E-state index in [2.05, 4.69) is 9.98 Å². The number of benzene rings is 2. The number of aliphatic imine (C=N–C) groups is 1. The first-order chi connectivity index (χ1) is 14.4. The minimum absolute atomic E-state index is 0.0673. The summed E-state index contributed by atoms with van der Waals surface area (Å²) < 4.78 is 53.9. The number of nitrogens with one attached hydrogen (secondary N) is 1. The smallest absolute Gasteiger partial charge is 0.234 e. The fourth-order valence-corrected chi connectivity index (χ4v) is 3.29. The summed E-state index contributed by atoms with van der Waals surface area (Å²) >= 11 is 7.01. The van der Waals surface area contributed by atoms with E-state index in [-0.39, 0.29) is 17.0 Å². The number of carbonyl (C=O) groups excluding carboxylic acids is 1. The van der Waals surface area contributed by atoms with Crippen LogP contribution in [0.3, 0.4) is 0 Å². The normalized spacial score (nSPS) is 11.1. The molecule has 0 unspecified atom stereocenters. The minimum atomic E-state index is -1.68. The van der Waals surface area contributed by atoms with Gasteiger partial charge in [-0.2, -0.15) is 0 Å². The predicted octanol–water partition coefficient (Wildman–Crippen LogP) is 5.77. The Balaban J connectivity index is 1.71. The van der Waals surface area contributed by atoms with Crippen molar-refractivity contribution in [2.45, 2.75) is 4.90 Å². The molecule has 0 aliphatic heterocycles. The molecular weight excluding hydrogens is 442 g/mol. The monoisotopic (exact) mass is 453 g/mol. The summed E-state index contributed by atoms with van der Waals surface area (Å²) in [4.78, 5) is 20.9. The Kier molecular flexibility index (Phi) is 7.07. The molecule has 1 N–H and O–H groups in total. The molecule has 10 heteroatoms. The van der Waals surface area contributed by atoms with Crippen LogP contribution in [0.2, 0.25) is 5.15 Å². The largest absolute Gasteiger partial charge is 0.320 e. The number of hydrogen-bond donors (Lipinski definition) is 1. The van der Waals surface area contributed by atoms with Crippen molar-refractivity contribution in [3.8, 4) is 0 Å². The van der Waals surface area contributed by atoms with Crippen LogP contribution in [-0.4, -0.2) is 22.9 Å². The van der Waals surface area contributed by atoms with E-state index in [0.717, 1.165) is 11.8 Å². The van der Waals surface area contributed by atoms with Gasteiger partial charge in [0, 0.05) is 28.9 Å². The Hall–Kier alpha value is -2.91. The van der Waals surface area contributed by atoms with E-state index in [1.54, 1.807) is 36.4 Å². The van der Waals surface area contributed by atoms with Crippen molar-refractivity contribution in [2.75, 3.05) is 11.1 Å². The first-order valence-corrected chi connectivity index (χ1v) is 9.72. The number of rotatable bonds is 6. The average Bonchev–Trinajstić information content (AvgIpc) is 2.74. The summed E-state index contributed by atoms with van der Waals surface area (Å²) in [5, 5.41) is 2.14. The molecule has 154 valence electrons. The predicted molar refractivity (Wildman–Crippen MR) is 109 cm³/mol. The van der Waals surface area contributed by atoms with Crippen LogP contribution < -0.4 is 5.32 Å². The van der Waals surface area contributed by atoms with Crippen LogP contribution in [0.1, 0.15) is 5.56 Å². The number of amides is 1. The Morgan fingerprint density at radius 2 is 1.80 bits per heavy atom. The van der Waals surface area contributed by atoms with Gasteiger partial charge in [0.05, 0.1) is 11.4 Å². The second-order valence-electron chi connectivity index (χ2n) is 5.79. The molecule has 0 radical (unpaired) electrons. The molecule has 0 saturated carbocycles. The zero-order valence-corrected chi connectivity index (χ0v) is 16.6. The van der Waals surface area contributed by atoms with Gasteiger partial charge in [-0.15, -0.1) is 11.8 Å². The highest BCUT2D eigenvalue weighted by Crippen LogP contribution is 2.30. The summed E-state index contributed by atoms with van der Waals surface area (Å²) in [6, 6.07) is 10.3. The number of hydrogen-bond acceptors (Lipinski definition) is 4. The molecule has 1 aromatic heterocycles. The highest BCUT2D eigenvalue weighted by Gasteiger charge is 2.21. The highest BCUT2D eigenvalue weighted by atomic mass is 35.5. The molecule has 30 heavy (non-hydrogen) atoms. The van der Waals surface area contributed by atoms with E-state index in [0.29, 0.717) is 16.1 Å². The molecule has 0 fully saturated rings. The van der Waals surface area contributed by atoms with E-state index in [1.165, 1.54) is 12.4 Å². The molecule has 4 nitrogen and oxygen atoms in total. The third kappa shape index (κ3) is 5.17. The summed E-state index contributed by atoms with van der Waals surface area (Å²) in [5.41, 5.74) is -0.0594. The molecule has 2 aromatic carbocycles. The number of thioether (sulfide) groups is 1. The number of anilines is 1. The molecule has 3 rings (SSSR count). The maximum atomic E-state index is 13.7. The Bertz CT molecular complexity index is 1100. The first kappa shape index (κ1) is 21.8. The van der Waals surface area contributed by atoms with Crippen LogP contribution in [0, 0.1) is 23.3 Å². The van der Waals surface area contributed by atoms with Gasteiger partial charge in [0.1, 0.15) is 10.8 Å². The van der Waals surface area contributed by atoms with Crippen molar-refractivity contribution in [3.05, 3.63) is 82.6 Å². The van der Waals surface area contributed by atoms with E-state index in [9.17, 15) is 22.4 Å². The molecule has 1 heterocycles. The fraction of sp³-hybridized carbons (Fsp3) is 0.0500. The summed E-state index contributed by atoms with van der Waals surface area (Å²) in [5.74, 6) is -7.69. The van der Waals surface area contributed by atoms with Crippen molar-refractivity contribution in [3.63, 3.8) is 0 Å². The molecule has 0 saturated heterocycles. The number of aromatic nitrogens is 1. The van der Waals surface area contributed by atoms with E-state index < -0.39 is 34.9 Å². The van der Waals surface area contributed by atoms with Crippen LogP contribution in [0.4, 0.5) is 28.9 Å². The highest BCUT2D eigenvalue weighted by molar-refractivity contribution is 8.00. The third-order valence-electron chi connectivity index (χ3n) is 3.73. The zero-order chi connectivity index (χ0) is 21.7. The minimum Gasteiger partial charge on any atom is -0.320 e. The molecule has 3 aromatic rings. The quantitative estimate of drug-likeness (QED) is 0.169. The Morgan fingerprint density at radius 3 is 2.50 bits per heavy atom. The van der Waals surface area contributed by atoms with Crippen LogP contribution in [0.5, 0.6) is 0 Å². The van der Waals surface area contributed by atoms with Crippen molar-refractivity contribution in [1.29, 1.82) is 0 Å². The maximum Gasteiger partial charge on any atom is 0.234 e. The topological polar surface area (TPSA) is 54.4 Å². The summed E-state index contributed by atoms with van der Waals surface area (Å²) in [6.45, 7) is 0. The zero-order valence-electron chi connectivity index (χ0n) is 15.0. The molecular formula is C20H12ClF4N3OS. The van der Waals surface area contributed by atoms with Gasteiger partial charge < -0.3 is 5.32 Å². The van der Waals surface area contributed by atoms with Gasteiger partial charge in [0.15, 0.2) is 23.3 Å². The van der Waals surface area contributed by atoms with Crippen LogP contribution in [0.15, 0.2) is 58.5 Å². The lowest BCUT2D eigenvalue weighted by Gasteiger charge is -2.09. The summed E-state index contributed by atoms with van der Waals surface area (Å²) in [7, 11) is 0. The van der Waals surface area contributed by atoms with Gasteiger partial charge in [-0.25, -0.2) is 22.5 Å². The van der Waals surface area contributed by atoms with Gasteiger partial charge in [-0.1, -0.05) is 23.7 Å². The van der Waals surface area contributed by atoms with Gasteiger partial charge in [0.2, 0.25) is 5.91 Å².